The summed E-state index contributed by atoms with van der Waals surface area (Å²) in [5, 5.41) is 1.45. The van der Waals surface area contributed by atoms with Crippen LogP contribution in [0.4, 0.5) is 0 Å². The third-order valence-electron chi connectivity index (χ3n) is 2.31. The average molecular weight is 241 g/mol. The van der Waals surface area contributed by atoms with Crippen molar-refractivity contribution in [3.8, 4) is 0 Å². The highest BCUT2D eigenvalue weighted by Crippen LogP contribution is 2.25. The first-order chi connectivity index (χ1) is 7.08. The number of halogens is 2. The molecule has 0 bridgehead atoms. The van der Waals surface area contributed by atoms with Crippen LogP contribution in [-0.2, 0) is 0 Å². The van der Waals surface area contributed by atoms with Gasteiger partial charge in [0.1, 0.15) is 5.15 Å². The molecule has 1 aromatic heterocycles. The van der Waals surface area contributed by atoms with Crippen molar-refractivity contribution in [1.82, 2.24) is 9.97 Å². The maximum absolute atomic E-state index is 6.00. The normalized spacial score (nSPS) is 11.3. The van der Waals surface area contributed by atoms with Crippen LogP contribution in [0.15, 0.2) is 18.2 Å². The van der Waals surface area contributed by atoms with Crippen LogP contribution in [0.1, 0.15) is 25.3 Å². The van der Waals surface area contributed by atoms with E-state index in [1.54, 1.807) is 0 Å². The highest BCUT2D eigenvalue weighted by Gasteiger charge is 2.07. The van der Waals surface area contributed by atoms with Gasteiger partial charge in [-0.05, 0) is 35.2 Å². The molecule has 2 rings (SSSR count). The summed E-state index contributed by atoms with van der Waals surface area (Å²) >= 11 is 11.7. The molecule has 0 atom stereocenters. The van der Waals surface area contributed by atoms with E-state index >= 15 is 0 Å². The lowest BCUT2D eigenvalue weighted by molar-refractivity contribution is 0.868. The fourth-order valence-corrected chi connectivity index (χ4v) is 1.89. The number of hydrogen-bond acceptors (Lipinski definition) is 2. The zero-order chi connectivity index (χ0) is 11.0. The van der Waals surface area contributed by atoms with E-state index in [-0.39, 0.29) is 5.28 Å². The van der Waals surface area contributed by atoms with Crippen LogP contribution < -0.4 is 0 Å². The smallest absolute Gasteiger partial charge is 0.218 e. The lowest BCUT2D eigenvalue weighted by atomic mass is 10.0. The molecule has 2 aromatic rings. The second-order valence-corrected chi connectivity index (χ2v) is 4.41. The fourth-order valence-electron chi connectivity index (χ4n) is 1.44. The van der Waals surface area contributed by atoms with Crippen molar-refractivity contribution in [2.24, 2.45) is 0 Å². The maximum Gasteiger partial charge on any atom is 0.224 e. The number of rotatable bonds is 1. The van der Waals surface area contributed by atoms with Gasteiger partial charge in [-0.25, -0.2) is 9.97 Å². The summed E-state index contributed by atoms with van der Waals surface area (Å²) in [5.74, 6) is 0.459. The van der Waals surface area contributed by atoms with Gasteiger partial charge in [0, 0.05) is 5.39 Å². The standard InChI is InChI=1S/C11H10Cl2N2/c1-6(2)7-3-4-9-8(5-7)10(12)15-11(13)14-9/h3-6H,1-2H3. The Hall–Kier alpha value is -0.860. The zero-order valence-corrected chi connectivity index (χ0v) is 9.97. The van der Waals surface area contributed by atoms with Crippen molar-refractivity contribution in [1.29, 1.82) is 0 Å². The summed E-state index contributed by atoms with van der Waals surface area (Å²) in [6.45, 7) is 4.26. The molecule has 4 heteroatoms. The molecule has 0 aliphatic rings. The van der Waals surface area contributed by atoms with Gasteiger partial charge >= 0.3 is 0 Å². The number of hydrogen-bond donors (Lipinski definition) is 0. The first-order valence-electron chi connectivity index (χ1n) is 4.70. The van der Waals surface area contributed by atoms with Gasteiger partial charge in [0.05, 0.1) is 5.52 Å². The number of benzene rings is 1. The van der Waals surface area contributed by atoms with Gasteiger partial charge in [0.2, 0.25) is 5.28 Å². The largest absolute Gasteiger partial charge is 0.224 e. The van der Waals surface area contributed by atoms with E-state index in [1.165, 1.54) is 5.56 Å². The molecule has 1 aromatic carbocycles. The first kappa shape index (κ1) is 10.7. The summed E-state index contributed by atoms with van der Waals surface area (Å²) in [4.78, 5) is 8.03. The minimum absolute atomic E-state index is 0.185. The Balaban J connectivity index is 2.71. The predicted molar refractivity (Wildman–Crippen MR) is 63.6 cm³/mol. The average Bonchev–Trinajstić information content (AvgIpc) is 2.16. The quantitative estimate of drug-likeness (QED) is 0.555. The van der Waals surface area contributed by atoms with Gasteiger partial charge in [-0.15, -0.1) is 0 Å². The molecule has 78 valence electrons. The monoisotopic (exact) mass is 240 g/mol. The van der Waals surface area contributed by atoms with E-state index in [9.17, 15) is 0 Å². The van der Waals surface area contributed by atoms with Crippen LogP contribution in [-0.4, -0.2) is 9.97 Å². The molecule has 2 nitrogen and oxygen atoms in total. The van der Waals surface area contributed by atoms with Crippen molar-refractivity contribution in [2.45, 2.75) is 19.8 Å². The molecule has 1 heterocycles. The summed E-state index contributed by atoms with van der Waals surface area (Å²) in [6, 6.07) is 5.97. The molecule has 0 aliphatic carbocycles. The Morgan fingerprint density at radius 2 is 1.87 bits per heavy atom. The summed E-state index contributed by atoms with van der Waals surface area (Å²) in [6.07, 6.45) is 0. The van der Waals surface area contributed by atoms with Gasteiger partial charge in [0.25, 0.3) is 0 Å². The van der Waals surface area contributed by atoms with Crippen LogP contribution in [0.5, 0.6) is 0 Å². The third kappa shape index (κ3) is 2.06. The van der Waals surface area contributed by atoms with Crippen molar-refractivity contribution < 1.29 is 0 Å². The topological polar surface area (TPSA) is 25.8 Å². The second kappa shape index (κ2) is 3.95. The van der Waals surface area contributed by atoms with Crippen LogP contribution in [0.2, 0.25) is 10.4 Å². The Kier molecular flexibility index (Phi) is 2.81. The minimum Gasteiger partial charge on any atom is -0.218 e. The van der Waals surface area contributed by atoms with Crippen molar-refractivity contribution >= 4 is 34.1 Å². The van der Waals surface area contributed by atoms with Crippen molar-refractivity contribution in [2.75, 3.05) is 0 Å². The molecule has 0 unspecified atom stereocenters. The van der Waals surface area contributed by atoms with Crippen LogP contribution in [0, 0.1) is 0 Å². The molecular formula is C11H10Cl2N2. The number of aromatic nitrogens is 2. The lowest BCUT2D eigenvalue weighted by Crippen LogP contribution is -1.91. The Labute approximate surface area is 98.3 Å². The van der Waals surface area contributed by atoms with Gasteiger partial charge < -0.3 is 0 Å². The van der Waals surface area contributed by atoms with Crippen LogP contribution in [0.3, 0.4) is 0 Å². The molecule has 0 radical (unpaired) electrons. The summed E-state index contributed by atoms with van der Waals surface area (Å²) in [5.41, 5.74) is 2.00. The number of nitrogens with zero attached hydrogens (tertiary/aromatic N) is 2. The van der Waals surface area contributed by atoms with E-state index in [4.69, 9.17) is 23.2 Å². The highest BCUT2D eigenvalue weighted by atomic mass is 35.5. The van der Waals surface area contributed by atoms with Crippen LogP contribution in [0.25, 0.3) is 10.9 Å². The third-order valence-corrected chi connectivity index (χ3v) is 2.77. The second-order valence-electron chi connectivity index (χ2n) is 3.71. The highest BCUT2D eigenvalue weighted by molar-refractivity contribution is 6.35. The lowest BCUT2D eigenvalue weighted by Gasteiger charge is -2.07. The van der Waals surface area contributed by atoms with E-state index < -0.39 is 0 Å². The van der Waals surface area contributed by atoms with Gasteiger partial charge in [-0.3, -0.25) is 0 Å². The van der Waals surface area contributed by atoms with E-state index in [1.807, 2.05) is 18.2 Å². The van der Waals surface area contributed by atoms with Gasteiger partial charge in [-0.1, -0.05) is 31.5 Å². The minimum atomic E-state index is 0.185. The fraction of sp³-hybridized carbons (Fsp3) is 0.273. The van der Waals surface area contributed by atoms with E-state index in [0.29, 0.717) is 11.1 Å². The number of fused-ring (bicyclic) bond motifs is 1. The van der Waals surface area contributed by atoms with Gasteiger partial charge in [-0.2, -0.15) is 0 Å². The van der Waals surface area contributed by atoms with Gasteiger partial charge in [0.15, 0.2) is 0 Å². The Morgan fingerprint density at radius 3 is 2.53 bits per heavy atom. The van der Waals surface area contributed by atoms with Crippen molar-refractivity contribution in [3.63, 3.8) is 0 Å². The molecule has 0 spiro atoms. The molecule has 15 heavy (non-hydrogen) atoms. The van der Waals surface area contributed by atoms with E-state index in [0.717, 1.165) is 10.9 Å². The van der Waals surface area contributed by atoms with Crippen LogP contribution >= 0.6 is 23.2 Å². The molecule has 0 fully saturated rings. The molecule has 0 saturated carbocycles. The Bertz CT molecular complexity index is 509. The van der Waals surface area contributed by atoms with E-state index in [2.05, 4.69) is 23.8 Å². The molecule has 0 N–H and O–H groups in total. The Morgan fingerprint density at radius 1 is 1.13 bits per heavy atom. The molecule has 0 saturated heterocycles. The molecular weight excluding hydrogens is 231 g/mol. The maximum atomic E-state index is 6.00. The molecule has 0 amide bonds. The first-order valence-corrected chi connectivity index (χ1v) is 5.46. The summed E-state index contributed by atoms with van der Waals surface area (Å²) in [7, 11) is 0. The zero-order valence-electron chi connectivity index (χ0n) is 8.46. The molecule has 0 aliphatic heterocycles. The summed E-state index contributed by atoms with van der Waals surface area (Å²) < 4.78 is 0. The van der Waals surface area contributed by atoms with Crippen molar-refractivity contribution in [3.05, 3.63) is 34.2 Å². The predicted octanol–water partition coefficient (Wildman–Crippen LogP) is 4.06. The SMILES string of the molecule is CC(C)c1ccc2nc(Cl)nc(Cl)c2c1.